The van der Waals surface area contributed by atoms with Crippen molar-refractivity contribution in [3.05, 3.63) is 47.3 Å². The number of carbonyl (C=O) groups is 2. The predicted molar refractivity (Wildman–Crippen MR) is 95.1 cm³/mol. The molecule has 0 aliphatic heterocycles. The summed E-state index contributed by atoms with van der Waals surface area (Å²) in [4.78, 5) is 34.7. The first-order valence-corrected chi connectivity index (χ1v) is 8.09. The van der Waals surface area contributed by atoms with Crippen molar-refractivity contribution >= 4 is 23.5 Å². The zero-order valence-corrected chi connectivity index (χ0v) is 14.9. The van der Waals surface area contributed by atoms with Crippen LogP contribution in [0.25, 0.3) is 0 Å². The third kappa shape index (κ3) is 4.32. The first-order valence-electron chi connectivity index (χ1n) is 8.09. The van der Waals surface area contributed by atoms with Crippen molar-refractivity contribution < 1.29 is 14.3 Å². The molecule has 1 amide bonds. The smallest absolute Gasteiger partial charge is 0.339 e. The molecule has 7 heteroatoms. The number of hydrogen-bond acceptors (Lipinski definition) is 6. The second-order valence-electron chi connectivity index (χ2n) is 5.36. The number of ether oxygens (including phenoxy) is 1. The Bertz CT molecular complexity index is 773. The molecule has 0 unspecified atom stereocenters. The maximum Gasteiger partial charge on any atom is 0.339 e. The minimum atomic E-state index is -0.463. The maximum atomic E-state index is 12.5. The number of anilines is 2. The van der Waals surface area contributed by atoms with E-state index < -0.39 is 5.97 Å². The lowest BCUT2D eigenvalue weighted by Gasteiger charge is -2.18. The fourth-order valence-corrected chi connectivity index (χ4v) is 2.41. The minimum absolute atomic E-state index is 0.153. The predicted octanol–water partition coefficient (Wildman–Crippen LogP) is 2.80. The van der Waals surface area contributed by atoms with Crippen LogP contribution in [-0.4, -0.2) is 46.9 Å². The Balaban J connectivity index is 2.36. The molecule has 1 aromatic heterocycles. The van der Waals surface area contributed by atoms with Gasteiger partial charge in [-0.05, 0) is 39.0 Å². The molecule has 2 rings (SSSR count). The molecule has 0 radical (unpaired) electrons. The molecule has 0 bridgehead atoms. The Hall–Kier alpha value is -2.96. The van der Waals surface area contributed by atoms with Crippen LogP contribution in [-0.2, 0) is 4.74 Å². The molecule has 0 saturated carbocycles. The zero-order valence-electron chi connectivity index (χ0n) is 14.9. The third-order valence-electron chi connectivity index (χ3n) is 3.70. The highest BCUT2D eigenvalue weighted by atomic mass is 16.5. The van der Waals surface area contributed by atoms with Gasteiger partial charge in [0.1, 0.15) is 5.69 Å². The molecule has 1 heterocycles. The van der Waals surface area contributed by atoms with E-state index in [9.17, 15) is 9.59 Å². The number of aryl methyl sites for hydroxylation is 1. The van der Waals surface area contributed by atoms with Gasteiger partial charge in [-0.3, -0.25) is 4.79 Å². The average Bonchev–Trinajstić information content (AvgIpc) is 2.62. The van der Waals surface area contributed by atoms with E-state index in [1.807, 2.05) is 13.8 Å². The van der Waals surface area contributed by atoms with Gasteiger partial charge in [-0.1, -0.05) is 12.1 Å². The van der Waals surface area contributed by atoms with Crippen molar-refractivity contribution in [2.45, 2.75) is 20.8 Å². The van der Waals surface area contributed by atoms with E-state index in [-0.39, 0.29) is 11.9 Å². The van der Waals surface area contributed by atoms with Crippen LogP contribution in [0.3, 0.4) is 0 Å². The quantitative estimate of drug-likeness (QED) is 0.813. The molecule has 0 saturated heterocycles. The average molecular weight is 342 g/mol. The van der Waals surface area contributed by atoms with Crippen LogP contribution in [0, 0.1) is 6.92 Å². The zero-order chi connectivity index (χ0) is 18.4. The van der Waals surface area contributed by atoms with Crippen molar-refractivity contribution in [3.8, 4) is 0 Å². The number of carbonyl (C=O) groups excluding carboxylic acids is 2. The highest BCUT2D eigenvalue weighted by Gasteiger charge is 2.17. The molecule has 0 atom stereocenters. The van der Waals surface area contributed by atoms with Crippen LogP contribution in [0.1, 0.15) is 40.4 Å². The van der Waals surface area contributed by atoms with Crippen molar-refractivity contribution in [1.82, 2.24) is 14.9 Å². The van der Waals surface area contributed by atoms with Crippen molar-refractivity contribution in [2.24, 2.45) is 0 Å². The van der Waals surface area contributed by atoms with Gasteiger partial charge in [-0.15, -0.1) is 0 Å². The number of aromatic nitrogens is 2. The molecular weight excluding hydrogens is 320 g/mol. The summed E-state index contributed by atoms with van der Waals surface area (Å²) in [5.74, 6) is -0.359. The Morgan fingerprint density at radius 2 is 1.84 bits per heavy atom. The second-order valence-corrected chi connectivity index (χ2v) is 5.36. The van der Waals surface area contributed by atoms with Crippen LogP contribution in [0.4, 0.5) is 11.6 Å². The highest BCUT2D eigenvalue weighted by Crippen LogP contribution is 2.20. The summed E-state index contributed by atoms with van der Waals surface area (Å²) in [6.45, 7) is 6.83. The number of hydrogen-bond donors (Lipinski definition) is 1. The van der Waals surface area contributed by atoms with E-state index in [1.54, 1.807) is 42.2 Å². The molecule has 132 valence electrons. The number of para-hydroxylation sites is 1. The van der Waals surface area contributed by atoms with Gasteiger partial charge in [0.15, 0.2) is 0 Å². The molecule has 0 fully saturated rings. The SMILES string of the molecule is CCN(CC)C(=O)c1cc(C)nc(Nc2ccccc2C(=O)OC)n1. The Morgan fingerprint density at radius 1 is 1.16 bits per heavy atom. The highest BCUT2D eigenvalue weighted by molar-refractivity contribution is 5.96. The van der Waals surface area contributed by atoms with E-state index in [0.29, 0.717) is 35.7 Å². The van der Waals surface area contributed by atoms with E-state index >= 15 is 0 Å². The summed E-state index contributed by atoms with van der Waals surface area (Å²) in [6, 6.07) is 8.55. The van der Waals surface area contributed by atoms with Gasteiger partial charge in [0.2, 0.25) is 5.95 Å². The second kappa shape index (κ2) is 8.23. The number of amides is 1. The van der Waals surface area contributed by atoms with Gasteiger partial charge in [0, 0.05) is 18.8 Å². The fourth-order valence-electron chi connectivity index (χ4n) is 2.41. The lowest BCUT2D eigenvalue weighted by atomic mass is 10.2. The Kier molecular flexibility index (Phi) is 6.05. The number of nitrogens with one attached hydrogen (secondary N) is 1. The Labute approximate surface area is 147 Å². The summed E-state index contributed by atoms with van der Waals surface area (Å²) in [5, 5.41) is 3.01. The van der Waals surface area contributed by atoms with Crippen molar-refractivity contribution in [3.63, 3.8) is 0 Å². The molecule has 25 heavy (non-hydrogen) atoms. The molecule has 0 aliphatic carbocycles. The van der Waals surface area contributed by atoms with Crippen LogP contribution in [0.2, 0.25) is 0 Å². The van der Waals surface area contributed by atoms with Crippen molar-refractivity contribution in [2.75, 3.05) is 25.5 Å². The lowest BCUT2D eigenvalue weighted by Crippen LogP contribution is -2.31. The summed E-state index contributed by atoms with van der Waals surface area (Å²) < 4.78 is 4.78. The Morgan fingerprint density at radius 3 is 2.48 bits per heavy atom. The van der Waals surface area contributed by atoms with Gasteiger partial charge < -0.3 is 15.0 Å². The summed E-state index contributed by atoms with van der Waals surface area (Å²) in [7, 11) is 1.32. The van der Waals surface area contributed by atoms with E-state index in [1.165, 1.54) is 7.11 Å². The van der Waals surface area contributed by atoms with Gasteiger partial charge in [0.05, 0.1) is 18.4 Å². The van der Waals surface area contributed by atoms with Gasteiger partial charge in [0.25, 0.3) is 5.91 Å². The largest absolute Gasteiger partial charge is 0.465 e. The first-order chi connectivity index (χ1) is 12.0. The summed E-state index contributed by atoms with van der Waals surface area (Å²) in [6.07, 6.45) is 0. The molecule has 1 N–H and O–H groups in total. The molecular formula is C18H22N4O3. The molecule has 7 nitrogen and oxygen atoms in total. The van der Waals surface area contributed by atoms with Gasteiger partial charge in [-0.2, -0.15) is 0 Å². The summed E-state index contributed by atoms with van der Waals surface area (Å²) >= 11 is 0. The van der Waals surface area contributed by atoms with Crippen LogP contribution >= 0.6 is 0 Å². The third-order valence-corrected chi connectivity index (χ3v) is 3.70. The number of esters is 1. The fraction of sp³-hybridized carbons (Fsp3) is 0.333. The van der Waals surface area contributed by atoms with Gasteiger partial charge >= 0.3 is 5.97 Å². The molecule has 2 aromatic rings. The van der Waals surface area contributed by atoms with Crippen LogP contribution in [0.15, 0.2) is 30.3 Å². The number of nitrogens with zero attached hydrogens (tertiary/aromatic N) is 3. The van der Waals surface area contributed by atoms with E-state index in [2.05, 4.69) is 15.3 Å². The topological polar surface area (TPSA) is 84.4 Å². The molecule has 1 aromatic carbocycles. The first kappa shape index (κ1) is 18.4. The van der Waals surface area contributed by atoms with E-state index in [0.717, 1.165) is 0 Å². The summed E-state index contributed by atoms with van der Waals surface area (Å²) in [5.41, 5.74) is 1.85. The molecule has 0 spiro atoms. The monoisotopic (exact) mass is 342 g/mol. The number of methoxy groups -OCH3 is 1. The van der Waals surface area contributed by atoms with Crippen LogP contribution < -0.4 is 5.32 Å². The van der Waals surface area contributed by atoms with Crippen molar-refractivity contribution in [1.29, 1.82) is 0 Å². The molecule has 0 aliphatic rings. The minimum Gasteiger partial charge on any atom is -0.465 e. The standard InChI is InChI=1S/C18H22N4O3/c1-5-22(6-2)16(23)15-11-12(3)19-18(21-15)20-14-10-8-7-9-13(14)17(24)25-4/h7-11H,5-6H2,1-4H3,(H,19,20,21). The number of benzene rings is 1. The number of rotatable bonds is 6. The lowest BCUT2D eigenvalue weighted by molar-refractivity contribution is 0.0601. The van der Waals surface area contributed by atoms with Crippen LogP contribution in [0.5, 0.6) is 0 Å². The maximum absolute atomic E-state index is 12.5. The van der Waals surface area contributed by atoms with E-state index in [4.69, 9.17) is 4.74 Å². The normalized spacial score (nSPS) is 10.2. The van der Waals surface area contributed by atoms with Gasteiger partial charge in [-0.25, -0.2) is 14.8 Å².